The first-order valence-corrected chi connectivity index (χ1v) is 7.30. The van der Waals surface area contributed by atoms with E-state index in [1.807, 2.05) is 6.92 Å². The second-order valence-corrected chi connectivity index (χ2v) is 4.97. The van der Waals surface area contributed by atoms with Crippen LogP contribution in [0.1, 0.15) is 26.7 Å². The van der Waals surface area contributed by atoms with Gasteiger partial charge in [0.2, 0.25) is 0 Å². The van der Waals surface area contributed by atoms with Gasteiger partial charge >= 0.3 is 0 Å². The lowest BCUT2D eigenvalue weighted by Gasteiger charge is -2.18. The molecular weight excluding hydrogens is 270 g/mol. The Kier molecular flexibility index (Phi) is 7.61. The van der Waals surface area contributed by atoms with Crippen LogP contribution >= 0.6 is 0 Å². The monoisotopic (exact) mass is 295 g/mol. The third-order valence-electron chi connectivity index (χ3n) is 3.42. The number of ether oxygens (including phenoxy) is 2. The summed E-state index contributed by atoms with van der Waals surface area (Å²) in [4.78, 5) is 12.0. The molecule has 0 bridgehead atoms. The van der Waals surface area contributed by atoms with Crippen molar-refractivity contribution in [2.75, 3.05) is 20.3 Å². The highest BCUT2D eigenvalue weighted by molar-refractivity contribution is 5.80. The van der Waals surface area contributed by atoms with E-state index in [2.05, 4.69) is 5.32 Å². The summed E-state index contributed by atoms with van der Waals surface area (Å²) in [5.41, 5.74) is 0. The van der Waals surface area contributed by atoms with Gasteiger partial charge in [-0.25, -0.2) is 0 Å². The largest absolute Gasteiger partial charge is 0.497 e. The van der Waals surface area contributed by atoms with Gasteiger partial charge in [-0.15, -0.1) is 0 Å². The molecular formula is C16H25NO4. The second kappa shape index (κ2) is 9.23. The predicted molar refractivity (Wildman–Crippen MR) is 81.6 cm³/mol. The summed E-state index contributed by atoms with van der Waals surface area (Å²) in [6, 6.07) is 7.11. The molecule has 0 spiro atoms. The molecule has 0 radical (unpaired) electrons. The van der Waals surface area contributed by atoms with E-state index in [1.165, 1.54) is 0 Å². The molecule has 2 atom stereocenters. The maximum Gasteiger partial charge on any atom is 0.260 e. The molecule has 0 saturated carbocycles. The Morgan fingerprint density at radius 1 is 1.29 bits per heavy atom. The number of aliphatic hydroxyl groups excluding tert-OH is 1. The van der Waals surface area contributed by atoms with Crippen LogP contribution in [0.25, 0.3) is 0 Å². The minimum atomic E-state index is -0.565. The first kappa shape index (κ1) is 17.3. The minimum Gasteiger partial charge on any atom is -0.497 e. The standard InChI is InChI=1S/C16H25NO4/c1-4-13(9-10-18)11-17-16(19)12(2)21-15-7-5-14(20-3)6-8-15/h5-8,12-13,18H,4,9-11H2,1-3H3,(H,17,19). The van der Waals surface area contributed by atoms with Crippen LogP contribution in [0.2, 0.25) is 0 Å². The van der Waals surface area contributed by atoms with Crippen molar-refractivity contribution in [3.05, 3.63) is 24.3 Å². The SMILES string of the molecule is CCC(CCO)CNC(=O)C(C)Oc1ccc(OC)cc1. The molecule has 2 N–H and O–H groups in total. The van der Waals surface area contributed by atoms with Gasteiger partial charge in [0.1, 0.15) is 11.5 Å². The molecule has 0 heterocycles. The molecule has 118 valence electrons. The Morgan fingerprint density at radius 2 is 1.90 bits per heavy atom. The number of carbonyl (C=O) groups excluding carboxylic acids is 1. The van der Waals surface area contributed by atoms with Crippen LogP contribution in [-0.2, 0) is 4.79 Å². The lowest BCUT2D eigenvalue weighted by molar-refractivity contribution is -0.127. The van der Waals surface area contributed by atoms with Gasteiger partial charge in [0.25, 0.3) is 5.91 Å². The van der Waals surface area contributed by atoms with Crippen LogP contribution in [0, 0.1) is 5.92 Å². The Morgan fingerprint density at radius 3 is 2.43 bits per heavy atom. The summed E-state index contributed by atoms with van der Waals surface area (Å²) in [7, 11) is 1.60. The summed E-state index contributed by atoms with van der Waals surface area (Å²) >= 11 is 0. The third kappa shape index (κ3) is 6.04. The number of amides is 1. The molecule has 0 saturated heterocycles. The molecule has 5 heteroatoms. The van der Waals surface area contributed by atoms with Gasteiger partial charge < -0.3 is 19.9 Å². The number of nitrogens with one attached hydrogen (secondary N) is 1. The Bertz CT molecular complexity index is 419. The summed E-state index contributed by atoms with van der Waals surface area (Å²) < 4.78 is 10.7. The van der Waals surface area contributed by atoms with Crippen molar-refractivity contribution in [3.8, 4) is 11.5 Å². The molecule has 0 aliphatic rings. The van der Waals surface area contributed by atoms with Crippen molar-refractivity contribution >= 4 is 5.91 Å². The normalized spacial score (nSPS) is 13.3. The second-order valence-electron chi connectivity index (χ2n) is 4.97. The number of rotatable bonds is 9. The number of aliphatic hydroxyl groups is 1. The first-order chi connectivity index (χ1) is 10.1. The van der Waals surface area contributed by atoms with E-state index in [9.17, 15) is 4.79 Å². The zero-order valence-electron chi connectivity index (χ0n) is 13.0. The first-order valence-electron chi connectivity index (χ1n) is 7.30. The quantitative estimate of drug-likeness (QED) is 0.731. The average Bonchev–Trinajstić information content (AvgIpc) is 2.51. The van der Waals surface area contributed by atoms with Gasteiger partial charge in [0.15, 0.2) is 6.10 Å². The Labute approximate surface area is 126 Å². The highest BCUT2D eigenvalue weighted by atomic mass is 16.5. The van der Waals surface area contributed by atoms with Gasteiger partial charge in [-0.3, -0.25) is 4.79 Å². The summed E-state index contributed by atoms with van der Waals surface area (Å²) in [5, 5.41) is 11.8. The Balaban J connectivity index is 2.42. The molecule has 0 aromatic heterocycles. The zero-order valence-corrected chi connectivity index (χ0v) is 13.0. The fraction of sp³-hybridized carbons (Fsp3) is 0.562. The lowest BCUT2D eigenvalue weighted by Crippen LogP contribution is -2.39. The molecule has 21 heavy (non-hydrogen) atoms. The van der Waals surface area contributed by atoms with E-state index in [-0.39, 0.29) is 12.5 Å². The van der Waals surface area contributed by atoms with Crippen molar-refractivity contribution in [1.82, 2.24) is 5.32 Å². The van der Waals surface area contributed by atoms with Crippen molar-refractivity contribution < 1.29 is 19.4 Å². The molecule has 0 fully saturated rings. The van der Waals surface area contributed by atoms with Gasteiger partial charge in [-0.2, -0.15) is 0 Å². The van der Waals surface area contributed by atoms with Gasteiger partial charge in [-0.05, 0) is 43.5 Å². The van der Waals surface area contributed by atoms with Gasteiger partial charge in [0.05, 0.1) is 7.11 Å². The van der Waals surface area contributed by atoms with Crippen LogP contribution in [0.5, 0.6) is 11.5 Å². The van der Waals surface area contributed by atoms with Gasteiger partial charge in [0, 0.05) is 13.2 Å². The maximum absolute atomic E-state index is 12.0. The number of carbonyl (C=O) groups is 1. The summed E-state index contributed by atoms with van der Waals surface area (Å²) in [6.07, 6.45) is 1.06. The molecule has 5 nitrogen and oxygen atoms in total. The highest BCUT2D eigenvalue weighted by Gasteiger charge is 2.16. The predicted octanol–water partition coefficient (Wildman–Crippen LogP) is 1.99. The van der Waals surface area contributed by atoms with E-state index in [4.69, 9.17) is 14.6 Å². The molecule has 1 amide bonds. The van der Waals surface area contributed by atoms with E-state index < -0.39 is 6.10 Å². The lowest BCUT2D eigenvalue weighted by atomic mass is 10.0. The number of benzene rings is 1. The number of hydrogen-bond donors (Lipinski definition) is 2. The average molecular weight is 295 g/mol. The van der Waals surface area contributed by atoms with Crippen molar-refractivity contribution in [1.29, 1.82) is 0 Å². The van der Waals surface area contributed by atoms with Crippen molar-refractivity contribution in [2.24, 2.45) is 5.92 Å². The van der Waals surface area contributed by atoms with Crippen molar-refractivity contribution in [2.45, 2.75) is 32.8 Å². The zero-order chi connectivity index (χ0) is 15.7. The highest BCUT2D eigenvalue weighted by Crippen LogP contribution is 2.18. The van der Waals surface area contributed by atoms with E-state index >= 15 is 0 Å². The van der Waals surface area contributed by atoms with Crippen LogP contribution in [0.3, 0.4) is 0 Å². The smallest absolute Gasteiger partial charge is 0.260 e. The minimum absolute atomic E-state index is 0.145. The van der Waals surface area contributed by atoms with E-state index in [1.54, 1.807) is 38.3 Å². The molecule has 0 aliphatic heterocycles. The maximum atomic E-state index is 12.0. The number of methoxy groups -OCH3 is 1. The molecule has 1 aromatic carbocycles. The Hall–Kier alpha value is -1.75. The molecule has 2 unspecified atom stereocenters. The fourth-order valence-electron chi connectivity index (χ4n) is 1.93. The molecule has 1 aromatic rings. The summed E-state index contributed by atoms with van der Waals surface area (Å²) in [6.45, 7) is 4.47. The van der Waals surface area contributed by atoms with E-state index in [0.29, 0.717) is 24.6 Å². The van der Waals surface area contributed by atoms with Crippen LogP contribution in [-0.4, -0.2) is 37.4 Å². The summed E-state index contributed by atoms with van der Waals surface area (Å²) in [5.74, 6) is 1.52. The van der Waals surface area contributed by atoms with E-state index in [0.717, 1.165) is 12.2 Å². The van der Waals surface area contributed by atoms with Crippen LogP contribution < -0.4 is 14.8 Å². The van der Waals surface area contributed by atoms with Gasteiger partial charge in [-0.1, -0.05) is 13.3 Å². The fourth-order valence-corrected chi connectivity index (χ4v) is 1.93. The van der Waals surface area contributed by atoms with Crippen LogP contribution in [0.15, 0.2) is 24.3 Å². The molecule has 1 rings (SSSR count). The number of hydrogen-bond acceptors (Lipinski definition) is 4. The molecule has 0 aliphatic carbocycles. The van der Waals surface area contributed by atoms with Crippen molar-refractivity contribution in [3.63, 3.8) is 0 Å². The topological polar surface area (TPSA) is 67.8 Å². The third-order valence-corrected chi connectivity index (χ3v) is 3.42. The van der Waals surface area contributed by atoms with Crippen LogP contribution in [0.4, 0.5) is 0 Å².